The first-order chi connectivity index (χ1) is 9.78. The highest BCUT2D eigenvalue weighted by molar-refractivity contribution is 7.99. The van der Waals surface area contributed by atoms with Crippen LogP contribution in [0.5, 0.6) is 5.75 Å². The molecule has 0 spiro atoms. The van der Waals surface area contributed by atoms with Gasteiger partial charge >= 0.3 is 0 Å². The third kappa shape index (κ3) is 2.90. The monoisotopic (exact) mass is 309 g/mol. The normalized spacial score (nSPS) is 20.2. The number of thioether (sulfide) groups is 1. The molecule has 0 bridgehead atoms. The minimum Gasteiger partial charge on any atom is -0.496 e. The second-order valence-electron chi connectivity index (χ2n) is 4.92. The molecule has 20 heavy (non-hydrogen) atoms. The molecule has 108 valence electrons. The maximum Gasteiger partial charge on any atom is 0.134 e. The lowest BCUT2D eigenvalue weighted by atomic mass is 10.2. The minimum atomic E-state index is 0.370. The third-order valence-electron chi connectivity index (χ3n) is 3.60. The molecule has 3 rings (SSSR count). The molecule has 2 aromatic heterocycles. The maximum absolute atomic E-state index is 5.85. The number of rotatable bonds is 4. The molecule has 0 aliphatic carbocycles. The summed E-state index contributed by atoms with van der Waals surface area (Å²) in [5.74, 6) is 5.36. The zero-order valence-electron chi connectivity index (χ0n) is 11.8. The Labute approximate surface area is 127 Å². The van der Waals surface area contributed by atoms with Crippen molar-refractivity contribution in [2.45, 2.75) is 19.5 Å². The summed E-state index contributed by atoms with van der Waals surface area (Å²) in [6, 6.07) is 6.59. The summed E-state index contributed by atoms with van der Waals surface area (Å²) in [4.78, 5) is 3.80. The highest BCUT2D eigenvalue weighted by Crippen LogP contribution is 2.34. The average Bonchev–Trinajstić information content (AvgIpc) is 3.08. The van der Waals surface area contributed by atoms with Crippen molar-refractivity contribution in [2.24, 2.45) is 0 Å². The van der Waals surface area contributed by atoms with Crippen LogP contribution in [-0.4, -0.2) is 30.1 Å². The van der Waals surface area contributed by atoms with E-state index >= 15 is 0 Å². The number of hydrogen-bond donors (Lipinski definition) is 0. The molecule has 0 saturated carbocycles. The molecule has 1 saturated heterocycles. The van der Waals surface area contributed by atoms with E-state index in [2.05, 4.69) is 22.4 Å². The van der Waals surface area contributed by atoms with Crippen LogP contribution in [0.4, 0.5) is 0 Å². The fourth-order valence-electron chi connectivity index (χ4n) is 2.53. The summed E-state index contributed by atoms with van der Waals surface area (Å²) in [7, 11) is 1.74. The van der Waals surface area contributed by atoms with Gasteiger partial charge in [-0.15, -0.1) is 11.3 Å². The predicted octanol–water partition coefficient (Wildman–Crippen LogP) is 3.95. The number of aryl methyl sites for hydroxylation is 1. The summed E-state index contributed by atoms with van der Waals surface area (Å²) >= 11 is 3.77. The van der Waals surface area contributed by atoms with Crippen molar-refractivity contribution < 1.29 is 9.15 Å². The van der Waals surface area contributed by atoms with E-state index < -0.39 is 0 Å². The van der Waals surface area contributed by atoms with Crippen LogP contribution in [-0.2, 0) is 6.54 Å². The highest BCUT2D eigenvalue weighted by Gasteiger charge is 2.27. The Morgan fingerprint density at radius 3 is 3.05 bits per heavy atom. The second kappa shape index (κ2) is 6.24. The Balaban J connectivity index is 1.79. The molecule has 1 fully saturated rings. The van der Waals surface area contributed by atoms with Crippen LogP contribution in [0.25, 0.3) is 0 Å². The van der Waals surface area contributed by atoms with Gasteiger partial charge in [0.05, 0.1) is 18.0 Å². The van der Waals surface area contributed by atoms with Gasteiger partial charge in [0.1, 0.15) is 17.3 Å². The molecular formula is C15H19NO2S2. The lowest BCUT2D eigenvalue weighted by Crippen LogP contribution is -2.35. The molecule has 3 nitrogen and oxygen atoms in total. The largest absolute Gasteiger partial charge is 0.496 e. The summed E-state index contributed by atoms with van der Waals surface area (Å²) in [6.07, 6.45) is 0. The van der Waals surface area contributed by atoms with Crippen molar-refractivity contribution in [3.05, 3.63) is 40.0 Å². The van der Waals surface area contributed by atoms with Gasteiger partial charge in [-0.2, -0.15) is 11.8 Å². The first kappa shape index (κ1) is 14.0. The lowest BCUT2D eigenvalue weighted by Gasteiger charge is -2.33. The van der Waals surface area contributed by atoms with E-state index in [1.165, 1.54) is 10.6 Å². The van der Waals surface area contributed by atoms with E-state index in [1.54, 1.807) is 18.4 Å². The van der Waals surface area contributed by atoms with Crippen LogP contribution >= 0.6 is 23.1 Å². The predicted molar refractivity (Wildman–Crippen MR) is 84.8 cm³/mol. The zero-order chi connectivity index (χ0) is 13.9. The van der Waals surface area contributed by atoms with E-state index in [0.717, 1.165) is 36.1 Å². The zero-order valence-corrected chi connectivity index (χ0v) is 13.4. The van der Waals surface area contributed by atoms with Gasteiger partial charge in [0, 0.05) is 24.6 Å². The van der Waals surface area contributed by atoms with Crippen molar-refractivity contribution >= 4 is 23.1 Å². The molecule has 1 aliphatic heterocycles. The molecule has 1 atom stereocenters. The first-order valence-corrected chi connectivity index (χ1v) is 8.80. The molecule has 1 aliphatic rings. The Morgan fingerprint density at radius 1 is 1.40 bits per heavy atom. The Morgan fingerprint density at radius 2 is 2.30 bits per heavy atom. The fourth-order valence-corrected chi connectivity index (χ4v) is 4.52. The first-order valence-electron chi connectivity index (χ1n) is 6.76. The van der Waals surface area contributed by atoms with Crippen molar-refractivity contribution in [1.29, 1.82) is 0 Å². The van der Waals surface area contributed by atoms with Crippen LogP contribution < -0.4 is 4.74 Å². The van der Waals surface area contributed by atoms with Crippen molar-refractivity contribution in [2.75, 3.05) is 25.2 Å². The minimum absolute atomic E-state index is 0.370. The van der Waals surface area contributed by atoms with E-state index in [-0.39, 0.29) is 0 Å². The number of ether oxygens (including phenoxy) is 1. The molecule has 3 heterocycles. The third-order valence-corrected chi connectivity index (χ3v) is 5.51. The topological polar surface area (TPSA) is 25.6 Å². The number of nitrogens with zero attached hydrogens (tertiary/aromatic N) is 1. The number of thiophene rings is 1. The van der Waals surface area contributed by atoms with Crippen molar-refractivity contribution in [1.82, 2.24) is 4.90 Å². The fraction of sp³-hybridized carbons (Fsp3) is 0.467. The Kier molecular flexibility index (Phi) is 4.38. The summed E-state index contributed by atoms with van der Waals surface area (Å²) in [5, 5.41) is 2.10. The van der Waals surface area contributed by atoms with Gasteiger partial charge in [0.15, 0.2) is 0 Å². The summed E-state index contributed by atoms with van der Waals surface area (Å²) < 4.78 is 11.3. The van der Waals surface area contributed by atoms with Crippen molar-refractivity contribution in [3.63, 3.8) is 0 Å². The van der Waals surface area contributed by atoms with Gasteiger partial charge in [-0.1, -0.05) is 0 Å². The molecule has 1 unspecified atom stereocenters. The molecule has 5 heteroatoms. The van der Waals surface area contributed by atoms with E-state index in [1.807, 2.05) is 24.8 Å². The van der Waals surface area contributed by atoms with E-state index in [4.69, 9.17) is 9.15 Å². The quantitative estimate of drug-likeness (QED) is 0.854. The molecule has 0 aromatic carbocycles. The van der Waals surface area contributed by atoms with E-state index in [9.17, 15) is 0 Å². The molecule has 0 N–H and O–H groups in total. The van der Waals surface area contributed by atoms with Gasteiger partial charge in [-0.25, -0.2) is 0 Å². The average molecular weight is 309 g/mol. The standard InChI is InChI=1S/C15H19NO2S2/c1-11-3-4-13(18-11)12-10-19-8-6-16(12)9-15-14(17-2)5-7-20-15/h3-5,7,12H,6,8-10H2,1-2H3. The maximum atomic E-state index is 5.85. The summed E-state index contributed by atoms with van der Waals surface area (Å²) in [6.45, 7) is 4.04. The van der Waals surface area contributed by atoms with Crippen LogP contribution in [0.15, 0.2) is 28.0 Å². The van der Waals surface area contributed by atoms with Gasteiger partial charge in [0.25, 0.3) is 0 Å². The smallest absolute Gasteiger partial charge is 0.134 e. The van der Waals surface area contributed by atoms with Gasteiger partial charge in [-0.05, 0) is 30.5 Å². The van der Waals surface area contributed by atoms with Gasteiger partial charge in [-0.3, -0.25) is 4.90 Å². The van der Waals surface area contributed by atoms with Crippen LogP contribution in [0.3, 0.4) is 0 Å². The number of hydrogen-bond acceptors (Lipinski definition) is 5. The lowest BCUT2D eigenvalue weighted by molar-refractivity contribution is 0.187. The van der Waals surface area contributed by atoms with Gasteiger partial charge in [0.2, 0.25) is 0 Å². The number of furan rings is 1. The van der Waals surface area contributed by atoms with Crippen LogP contribution in [0.1, 0.15) is 22.4 Å². The van der Waals surface area contributed by atoms with Gasteiger partial charge < -0.3 is 9.15 Å². The molecular weight excluding hydrogens is 290 g/mol. The SMILES string of the molecule is COc1ccsc1CN1CCSCC1c1ccc(C)o1. The van der Waals surface area contributed by atoms with Crippen LogP contribution in [0.2, 0.25) is 0 Å². The highest BCUT2D eigenvalue weighted by atomic mass is 32.2. The Hall–Kier alpha value is -0.910. The molecule has 0 amide bonds. The van der Waals surface area contributed by atoms with Crippen molar-refractivity contribution in [3.8, 4) is 5.75 Å². The number of methoxy groups -OCH3 is 1. The summed E-state index contributed by atoms with van der Waals surface area (Å²) in [5.41, 5.74) is 0. The molecule has 2 aromatic rings. The second-order valence-corrected chi connectivity index (χ2v) is 7.07. The molecule has 0 radical (unpaired) electrons. The van der Waals surface area contributed by atoms with Crippen LogP contribution in [0, 0.1) is 6.92 Å². The van der Waals surface area contributed by atoms with E-state index in [0.29, 0.717) is 6.04 Å². The Bertz CT molecular complexity index is 564.